The number of carbonyl (C=O) groups is 2. The van der Waals surface area contributed by atoms with Crippen molar-refractivity contribution in [1.82, 2.24) is 14.8 Å². The van der Waals surface area contributed by atoms with Gasteiger partial charge in [-0.1, -0.05) is 17.7 Å². The minimum absolute atomic E-state index is 0.000671. The first-order valence-electron chi connectivity index (χ1n) is 8.76. The number of benzene rings is 1. The molecule has 26 heavy (non-hydrogen) atoms. The van der Waals surface area contributed by atoms with Gasteiger partial charge in [-0.3, -0.25) is 14.6 Å². The molecule has 1 aliphatic heterocycles. The fourth-order valence-electron chi connectivity index (χ4n) is 3.20. The van der Waals surface area contributed by atoms with Crippen LogP contribution in [0.2, 0.25) is 5.02 Å². The van der Waals surface area contributed by atoms with E-state index in [1.165, 1.54) is 0 Å². The molecule has 1 aromatic heterocycles. The number of aromatic nitrogens is 1. The molecule has 0 saturated carbocycles. The van der Waals surface area contributed by atoms with Crippen molar-refractivity contribution in [3.8, 4) is 0 Å². The lowest BCUT2D eigenvalue weighted by Gasteiger charge is -2.23. The third kappa shape index (κ3) is 4.41. The number of halogens is 1. The standard InChI is InChI=1S/C20H22ClN3O2/c1-15-12-17(21)5-6-18(15)20(26)24-9-3-8-23(10-11-24)19(25)13-16-4-2-7-22-14-16/h2,4-7,12,14H,3,8-11,13H2,1H3. The molecule has 2 aromatic rings. The Bertz CT molecular complexity index is 795. The lowest BCUT2D eigenvalue weighted by atomic mass is 10.1. The highest BCUT2D eigenvalue weighted by molar-refractivity contribution is 6.30. The maximum absolute atomic E-state index is 12.8. The van der Waals surface area contributed by atoms with Gasteiger partial charge in [-0.25, -0.2) is 0 Å². The first-order valence-corrected chi connectivity index (χ1v) is 9.14. The summed E-state index contributed by atoms with van der Waals surface area (Å²) in [4.78, 5) is 33.1. The predicted octanol–water partition coefficient (Wildman–Crippen LogP) is 2.96. The Morgan fingerprint density at radius 2 is 1.88 bits per heavy atom. The average molecular weight is 372 g/mol. The highest BCUT2D eigenvalue weighted by Gasteiger charge is 2.23. The van der Waals surface area contributed by atoms with Crippen LogP contribution < -0.4 is 0 Å². The summed E-state index contributed by atoms with van der Waals surface area (Å²) in [5, 5.41) is 0.627. The average Bonchev–Trinajstić information content (AvgIpc) is 2.88. The molecule has 136 valence electrons. The van der Waals surface area contributed by atoms with Crippen LogP contribution in [0.4, 0.5) is 0 Å². The van der Waals surface area contributed by atoms with E-state index >= 15 is 0 Å². The van der Waals surface area contributed by atoms with Crippen LogP contribution in [0, 0.1) is 6.92 Å². The van der Waals surface area contributed by atoms with Crippen molar-refractivity contribution in [2.24, 2.45) is 0 Å². The van der Waals surface area contributed by atoms with E-state index < -0.39 is 0 Å². The van der Waals surface area contributed by atoms with Crippen molar-refractivity contribution in [3.63, 3.8) is 0 Å². The summed E-state index contributed by atoms with van der Waals surface area (Å²) in [5.74, 6) is 0.0793. The number of aryl methyl sites for hydroxylation is 1. The minimum atomic E-state index is 0.000671. The van der Waals surface area contributed by atoms with Gasteiger partial charge in [-0.15, -0.1) is 0 Å². The summed E-state index contributed by atoms with van der Waals surface area (Å²) < 4.78 is 0. The lowest BCUT2D eigenvalue weighted by Crippen LogP contribution is -2.38. The number of pyridine rings is 1. The van der Waals surface area contributed by atoms with Crippen LogP contribution in [0.15, 0.2) is 42.7 Å². The minimum Gasteiger partial charge on any atom is -0.341 e. The molecule has 2 heterocycles. The second-order valence-electron chi connectivity index (χ2n) is 6.52. The van der Waals surface area contributed by atoms with E-state index in [0.717, 1.165) is 17.5 Å². The van der Waals surface area contributed by atoms with E-state index in [0.29, 0.717) is 43.2 Å². The number of amides is 2. The summed E-state index contributed by atoms with van der Waals surface area (Å²) in [5.41, 5.74) is 2.45. The highest BCUT2D eigenvalue weighted by atomic mass is 35.5. The van der Waals surface area contributed by atoms with Crippen LogP contribution >= 0.6 is 11.6 Å². The van der Waals surface area contributed by atoms with Crippen molar-refractivity contribution in [2.75, 3.05) is 26.2 Å². The summed E-state index contributed by atoms with van der Waals surface area (Å²) in [7, 11) is 0. The lowest BCUT2D eigenvalue weighted by molar-refractivity contribution is -0.130. The third-order valence-corrected chi connectivity index (χ3v) is 4.87. The Morgan fingerprint density at radius 3 is 2.62 bits per heavy atom. The summed E-state index contributed by atoms with van der Waals surface area (Å²) >= 11 is 5.98. The van der Waals surface area contributed by atoms with Gasteiger partial charge in [0, 0.05) is 49.2 Å². The molecule has 1 aromatic carbocycles. The van der Waals surface area contributed by atoms with Crippen LogP contribution in [0.1, 0.15) is 27.9 Å². The largest absolute Gasteiger partial charge is 0.341 e. The molecule has 0 spiro atoms. The summed E-state index contributed by atoms with van der Waals surface area (Å²) in [6.45, 7) is 4.30. The highest BCUT2D eigenvalue weighted by Crippen LogP contribution is 2.18. The van der Waals surface area contributed by atoms with Crippen molar-refractivity contribution in [3.05, 3.63) is 64.4 Å². The second kappa shape index (κ2) is 8.32. The van der Waals surface area contributed by atoms with Gasteiger partial charge in [0.15, 0.2) is 0 Å². The SMILES string of the molecule is Cc1cc(Cl)ccc1C(=O)N1CCCN(C(=O)Cc2cccnc2)CC1. The van der Waals surface area contributed by atoms with Crippen LogP contribution in [0.3, 0.4) is 0 Å². The molecule has 1 fully saturated rings. The Morgan fingerprint density at radius 1 is 1.12 bits per heavy atom. The van der Waals surface area contributed by atoms with Crippen molar-refractivity contribution < 1.29 is 9.59 Å². The van der Waals surface area contributed by atoms with Gasteiger partial charge in [-0.2, -0.15) is 0 Å². The molecular weight excluding hydrogens is 350 g/mol. The second-order valence-corrected chi connectivity index (χ2v) is 6.96. The maximum atomic E-state index is 12.8. The molecule has 0 aliphatic carbocycles. The van der Waals surface area contributed by atoms with Gasteiger partial charge in [0.05, 0.1) is 6.42 Å². The van der Waals surface area contributed by atoms with Gasteiger partial charge >= 0.3 is 0 Å². The number of hydrogen-bond acceptors (Lipinski definition) is 3. The van der Waals surface area contributed by atoms with E-state index in [2.05, 4.69) is 4.98 Å². The van der Waals surface area contributed by atoms with Crippen LogP contribution in [0.25, 0.3) is 0 Å². The quantitative estimate of drug-likeness (QED) is 0.833. The van der Waals surface area contributed by atoms with Gasteiger partial charge < -0.3 is 9.80 Å². The first-order chi connectivity index (χ1) is 12.5. The molecule has 5 nitrogen and oxygen atoms in total. The van der Waals surface area contributed by atoms with E-state index in [1.54, 1.807) is 30.6 Å². The predicted molar refractivity (Wildman–Crippen MR) is 101 cm³/mol. The maximum Gasteiger partial charge on any atom is 0.254 e. The number of hydrogen-bond donors (Lipinski definition) is 0. The zero-order valence-corrected chi connectivity index (χ0v) is 15.6. The Hall–Kier alpha value is -2.40. The monoisotopic (exact) mass is 371 g/mol. The Balaban J connectivity index is 1.62. The van der Waals surface area contributed by atoms with Crippen molar-refractivity contribution in [2.45, 2.75) is 19.8 Å². The smallest absolute Gasteiger partial charge is 0.254 e. The summed E-state index contributed by atoms with van der Waals surface area (Å²) in [6.07, 6.45) is 4.53. The molecule has 1 aliphatic rings. The molecule has 0 N–H and O–H groups in total. The molecule has 3 rings (SSSR count). The van der Waals surface area contributed by atoms with E-state index in [-0.39, 0.29) is 11.8 Å². The molecule has 0 unspecified atom stereocenters. The van der Waals surface area contributed by atoms with Crippen LogP contribution in [0.5, 0.6) is 0 Å². The molecular formula is C20H22ClN3O2. The zero-order valence-electron chi connectivity index (χ0n) is 14.8. The van der Waals surface area contributed by atoms with Crippen molar-refractivity contribution in [1.29, 1.82) is 0 Å². The van der Waals surface area contributed by atoms with E-state index in [9.17, 15) is 9.59 Å². The van der Waals surface area contributed by atoms with E-state index in [4.69, 9.17) is 11.6 Å². The van der Waals surface area contributed by atoms with Gasteiger partial charge in [-0.05, 0) is 48.7 Å². The Kier molecular flexibility index (Phi) is 5.89. The molecule has 6 heteroatoms. The molecule has 0 bridgehead atoms. The van der Waals surface area contributed by atoms with Crippen LogP contribution in [-0.2, 0) is 11.2 Å². The molecule has 0 atom stereocenters. The van der Waals surface area contributed by atoms with Crippen LogP contribution in [-0.4, -0.2) is 52.8 Å². The fourth-order valence-corrected chi connectivity index (χ4v) is 3.42. The number of carbonyl (C=O) groups excluding carboxylic acids is 2. The molecule has 1 saturated heterocycles. The fraction of sp³-hybridized carbons (Fsp3) is 0.350. The van der Waals surface area contributed by atoms with Gasteiger partial charge in [0.2, 0.25) is 5.91 Å². The van der Waals surface area contributed by atoms with E-state index in [1.807, 2.05) is 28.9 Å². The molecule has 0 radical (unpaired) electrons. The number of nitrogens with zero attached hydrogens (tertiary/aromatic N) is 3. The Labute approximate surface area is 158 Å². The zero-order chi connectivity index (χ0) is 18.5. The summed E-state index contributed by atoms with van der Waals surface area (Å²) in [6, 6.07) is 9.05. The topological polar surface area (TPSA) is 53.5 Å². The molecule has 2 amide bonds. The third-order valence-electron chi connectivity index (χ3n) is 4.63. The normalized spacial score (nSPS) is 14.8. The van der Waals surface area contributed by atoms with Gasteiger partial charge in [0.25, 0.3) is 5.91 Å². The number of rotatable bonds is 3. The van der Waals surface area contributed by atoms with Crippen molar-refractivity contribution >= 4 is 23.4 Å². The van der Waals surface area contributed by atoms with Gasteiger partial charge in [0.1, 0.15) is 0 Å². The first kappa shape index (κ1) is 18.4.